The zero-order valence-corrected chi connectivity index (χ0v) is 13.5. The Morgan fingerprint density at radius 2 is 2.25 bits per heavy atom. The summed E-state index contributed by atoms with van der Waals surface area (Å²) in [6, 6.07) is 5.89. The van der Waals surface area contributed by atoms with Gasteiger partial charge in [0.2, 0.25) is 5.91 Å². The molecule has 20 heavy (non-hydrogen) atoms. The molecule has 0 saturated heterocycles. The average Bonchev–Trinajstić information content (AvgIpc) is 2.81. The molecule has 0 bridgehead atoms. The lowest BCUT2D eigenvalue weighted by atomic mass is 10.2. The number of amides is 1. The number of aryl methyl sites for hydroxylation is 1. The van der Waals surface area contributed by atoms with E-state index in [2.05, 4.69) is 43.5 Å². The van der Waals surface area contributed by atoms with Gasteiger partial charge in [-0.15, -0.1) is 5.10 Å². The molecular weight excluding hydrogens is 369 g/mol. The van der Waals surface area contributed by atoms with Crippen molar-refractivity contribution in [3.63, 3.8) is 0 Å². The van der Waals surface area contributed by atoms with E-state index in [-0.39, 0.29) is 12.5 Å². The molecule has 7 heteroatoms. The highest BCUT2D eigenvalue weighted by molar-refractivity contribution is 14.1. The van der Waals surface area contributed by atoms with E-state index in [1.165, 1.54) is 4.68 Å². The second kappa shape index (κ2) is 6.80. The van der Waals surface area contributed by atoms with E-state index in [9.17, 15) is 4.79 Å². The molecule has 1 aromatic heterocycles. The molecular formula is C13H16IN5O. The fraction of sp³-hybridized carbons (Fsp3) is 0.308. The predicted molar refractivity (Wildman–Crippen MR) is 85.3 cm³/mol. The molecule has 1 amide bonds. The highest BCUT2D eigenvalue weighted by atomic mass is 127. The van der Waals surface area contributed by atoms with Gasteiger partial charge in [0.05, 0.1) is 11.9 Å². The van der Waals surface area contributed by atoms with Gasteiger partial charge >= 0.3 is 0 Å². The van der Waals surface area contributed by atoms with Gasteiger partial charge in [-0.3, -0.25) is 4.79 Å². The van der Waals surface area contributed by atoms with Gasteiger partial charge in [0.1, 0.15) is 6.54 Å². The van der Waals surface area contributed by atoms with Crippen LogP contribution >= 0.6 is 22.6 Å². The van der Waals surface area contributed by atoms with E-state index in [0.717, 1.165) is 20.5 Å². The highest BCUT2D eigenvalue weighted by Gasteiger charge is 2.08. The molecule has 0 atom stereocenters. The standard InChI is InChI=1S/C13H16IN5O/c1-9-5-10(14)3-4-12(9)16-13(20)8-19-7-11(6-15-2)17-18-19/h3-5,7,15H,6,8H2,1-2H3,(H,16,20). The molecule has 0 aliphatic heterocycles. The van der Waals surface area contributed by atoms with Crippen molar-refractivity contribution in [2.45, 2.75) is 20.0 Å². The van der Waals surface area contributed by atoms with Crippen molar-refractivity contribution in [3.8, 4) is 0 Å². The van der Waals surface area contributed by atoms with Gasteiger partial charge < -0.3 is 10.6 Å². The largest absolute Gasteiger partial charge is 0.324 e. The predicted octanol–water partition coefficient (Wildman–Crippen LogP) is 1.55. The van der Waals surface area contributed by atoms with Crippen LogP contribution in [-0.4, -0.2) is 27.9 Å². The molecule has 0 radical (unpaired) electrons. The molecule has 0 spiro atoms. The molecule has 0 saturated carbocycles. The molecule has 1 heterocycles. The Labute approximate surface area is 131 Å². The monoisotopic (exact) mass is 385 g/mol. The first-order valence-corrected chi connectivity index (χ1v) is 7.26. The van der Waals surface area contributed by atoms with Gasteiger partial charge in [0, 0.05) is 15.8 Å². The molecule has 2 rings (SSSR count). The van der Waals surface area contributed by atoms with Crippen molar-refractivity contribution < 1.29 is 4.79 Å². The number of nitrogens with zero attached hydrogens (tertiary/aromatic N) is 3. The fourth-order valence-electron chi connectivity index (χ4n) is 1.78. The van der Waals surface area contributed by atoms with Gasteiger partial charge in [-0.1, -0.05) is 5.21 Å². The number of carbonyl (C=O) groups excluding carboxylic acids is 1. The Kier molecular flexibility index (Phi) is 5.07. The van der Waals surface area contributed by atoms with Crippen LogP contribution in [0.5, 0.6) is 0 Å². The van der Waals surface area contributed by atoms with E-state index in [0.29, 0.717) is 6.54 Å². The quantitative estimate of drug-likeness (QED) is 0.767. The van der Waals surface area contributed by atoms with Crippen LogP contribution in [-0.2, 0) is 17.9 Å². The number of rotatable bonds is 5. The van der Waals surface area contributed by atoms with Crippen molar-refractivity contribution in [1.82, 2.24) is 20.3 Å². The summed E-state index contributed by atoms with van der Waals surface area (Å²) in [5, 5.41) is 13.7. The number of hydrogen-bond acceptors (Lipinski definition) is 4. The maximum atomic E-state index is 12.0. The summed E-state index contributed by atoms with van der Waals surface area (Å²) in [6.07, 6.45) is 1.76. The Morgan fingerprint density at radius 1 is 1.45 bits per heavy atom. The van der Waals surface area contributed by atoms with E-state index >= 15 is 0 Å². The van der Waals surface area contributed by atoms with Crippen molar-refractivity contribution >= 4 is 34.2 Å². The lowest BCUT2D eigenvalue weighted by molar-refractivity contribution is -0.116. The van der Waals surface area contributed by atoms with Crippen LogP contribution in [0.15, 0.2) is 24.4 Å². The molecule has 1 aromatic carbocycles. The third kappa shape index (κ3) is 4.01. The van der Waals surface area contributed by atoms with Gasteiger partial charge in [-0.05, 0) is 60.3 Å². The number of benzene rings is 1. The maximum Gasteiger partial charge on any atom is 0.246 e. The number of carbonyl (C=O) groups is 1. The summed E-state index contributed by atoms with van der Waals surface area (Å²) in [4.78, 5) is 12.0. The van der Waals surface area contributed by atoms with Gasteiger partial charge in [-0.25, -0.2) is 4.68 Å². The van der Waals surface area contributed by atoms with Crippen LogP contribution in [0.25, 0.3) is 0 Å². The van der Waals surface area contributed by atoms with Gasteiger partial charge in [0.15, 0.2) is 0 Å². The van der Waals surface area contributed by atoms with Gasteiger partial charge in [-0.2, -0.15) is 0 Å². The summed E-state index contributed by atoms with van der Waals surface area (Å²) in [5.41, 5.74) is 2.68. The van der Waals surface area contributed by atoms with Crippen molar-refractivity contribution in [2.24, 2.45) is 0 Å². The van der Waals surface area contributed by atoms with E-state index in [1.54, 1.807) is 6.20 Å². The van der Waals surface area contributed by atoms with Crippen molar-refractivity contribution in [1.29, 1.82) is 0 Å². The number of anilines is 1. The molecule has 2 N–H and O–H groups in total. The number of halogens is 1. The van der Waals surface area contributed by atoms with Crippen molar-refractivity contribution in [3.05, 3.63) is 39.2 Å². The normalized spacial score (nSPS) is 10.6. The second-order valence-electron chi connectivity index (χ2n) is 4.45. The minimum Gasteiger partial charge on any atom is -0.324 e. The number of aromatic nitrogens is 3. The SMILES string of the molecule is CNCc1cn(CC(=O)Nc2ccc(I)cc2C)nn1. The van der Waals surface area contributed by atoms with Crippen LogP contribution in [0.1, 0.15) is 11.3 Å². The first-order chi connectivity index (χ1) is 9.58. The smallest absolute Gasteiger partial charge is 0.246 e. The Bertz CT molecular complexity index is 611. The lowest BCUT2D eigenvalue weighted by Crippen LogP contribution is -2.19. The molecule has 6 nitrogen and oxygen atoms in total. The van der Waals surface area contributed by atoms with Gasteiger partial charge in [0.25, 0.3) is 0 Å². The Morgan fingerprint density at radius 3 is 2.95 bits per heavy atom. The van der Waals surface area contributed by atoms with Crippen molar-refractivity contribution in [2.75, 3.05) is 12.4 Å². The lowest BCUT2D eigenvalue weighted by Gasteiger charge is -2.08. The maximum absolute atomic E-state index is 12.0. The Balaban J connectivity index is 1.97. The number of hydrogen-bond donors (Lipinski definition) is 2. The third-order valence-corrected chi connectivity index (χ3v) is 3.38. The average molecular weight is 385 g/mol. The van der Waals surface area contributed by atoms with E-state index in [1.807, 2.05) is 32.2 Å². The summed E-state index contributed by atoms with van der Waals surface area (Å²) in [6.45, 7) is 2.76. The van der Waals surface area contributed by atoms with Crippen LogP contribution in [0.2, 0.25) is 0 Å². The molecule has 0 unspecified atom stereocenters. The first kappa shape index (κ1) is 14.9. The van der Waals surface area contributed by atoms with E-state index in [4.69, 9.17) is 0 Å². The van der Waals surface area contributed by atoms with Crippen LogP contribution < -0.4 is 10.6 Å². The van der Waals surface area contributed by atoms with E-state index < -0.39 is 0 Å². The minimum atomic E-state index is -0.116. The zero-order valence-electron chi connectivity index (χ0n) is 11.4. The second-order valence-corrected chi connectivity index (χ2v) is 5.69. The molecule has 2 aromatic rings. The summed E-state index contributed by atoms with van der Waals surface area (Å²) >= 11 is 2.24. The zero-order chi connectivity index (χ0) is 14.5. The summed E-state index contributed by atoms with van der Waals surface area (Å²) in [7, 11) is 1.84. The fourth-order valence-corrected chi connectivity index (χ4v) is 2.43. The molecule has 106 valence electrons. The van der Waals surface area contributed by atoms with Crippen LogP contribution in [0, 0.1) is 10.5 Å². The Hall–Kier alpha value is -1.48. The summed E-state index contributed by atoms with van der Waals surface area (Å²) < 4.78 is 2.68. The first-order valence-electron chi connectivity index (χ1n) is 6.18. The minimum absolute atomic E-state index is 0.116. The van der Waals surface area contributed by atoms with Crippen LogP contribution in [0.3, 0.4) is 0 Å². The topological polar surface area (TPSA) is 71.8 Å². The number of nitrogens with one attached hydrogen (secondary N) is 2. The third-order valence-electron chi connectivity index (χ3n) is 2.71. The summed E-state index contributed by atoms with van der Waals surface area (Å²) in [5.74, 6) is -0.116. The molecule has 0 aliphatic carbocycles. The highest BCUT2D eigenvalue weighted by Crippen LogP contribution is 2.17. The molecule has 0 fully saturated rings. The molecule has 0 aliphatic rings. The van der Waals surface area contributed by atoms with Crippen LogP contribution in [0.4, 0.5) is 5.69 Å².